The molecule has 31 heavy (non-hydrogen) atoms. The summed E-state index contributed by atoms with van der Waals surface area (Å²) in [6.07, 6.45) is 0.807. The highest BCUT2D eigenvalue weighted by Gasteiger charge is 2.32. The molecule has 2 aromatic carbocycles. The van der Waals surface area contributed by atoms with E-state index in [0.717, 1.165) is 10.2 Å². The summed E-state index contributed by atoms with van der Waals surface area (Å²) in [6, 6.07) is 10.6. The molecule has 6 nitrogen and oxygen atoms in total. The lowest BCUT2D eigenvalue weighted by atomic mass is 9.98. The Labute approximate surface area is 188 Å². The second kappa shape index (κ2) is 8.82. The Balaban J connectivity index is 1.51. The van der Waals surface area contributed by atoms with Crippen molar-refractivity contribution in [1.82, 2.24) is 8.87 Å². The van der Waals surface area contributed by atoms with Gasteiger partial charge in [0.05, 0.1) is 15.1 Å². The second-order valence-electron chi connectivity index (χ2n) is 7.32. The van der Waals surface area contributed by atoms with Gasteiger partial charge in [-0.05, 0) is 62.2 Å². The second-order valence-corrected chi connectivity index (χ2v) is 10.7. The first-order valence-electron chi connectivity index (χ1n) is 9.93. The highest BCUT2D eigenvalue weighted by Crippen LogP contribution is 2.26. The van der Waals surface area contributed by atoms with Crippen LogP contribution in [0.15, 0.2) is 52.4 Å². The number of carbonyl (C=O) groups is 1. The molecule has 4 rings (SSSR count). The fourth-order valence-electron chi connectivity index (χ4n) is 3.72. The molecule has 0 atom stereocenters. The van der Waals surface area contributed by atoms with Crippen LogP contribution in [0.25, 0.3) is 10.2 Å². The molecule has 164 valence electrons. The number of carbonyl (C=O) groups excluding carboxylic acids is 1. The lowest BCUT2D eigenvalue weighted by molar-refractivity contribution is -0.122. The highest BCUT2D eigenvalue weighted by atomic mass is 35.5. The zero-order chi connectivity index (χ0) is 22.2. The summed E-state index contributed by atoms with van der Waals surface area (Å²) in [4.78, 5) is 17.8. The lowest BCUT2D eigenvalue weighted by Crippen LogP contribution is -2.40. The molecule has 0 aliphatic carbocycles. The largest absolute Gasteiger partial charge is 0.317 e. The molecule has 0 unspecified atom stereocenters. The van der Waals surface area contributed by atoms with Crippen LogP contribution in [0.1, 0.15) is 19.8 Å². The van der Waals surface area contributed by atoms with Gasteiger partial charge in [0.25, 0.3) is 5.91 Å². The predicted octanol–water partition coefficient (Wildman–Crippen LogP) is 4.04. The van der Waals surface area contributed by atoms with Crippen molar-refractivity contribution in [3.63, 3.8) is 0 Å². The van der Waals surface area contributed by atoms with Gasteiger partial charge in [0.2, 0.25) is 10.0 Å². The molecule has 1 amide bonds. The summed E-state index contributed by atoms with van der Waals surface area (Å²) < 4.78 is 43.2. The average Bonchev–Trinajstić information content (AvgIpc) is 3.09. The molecule has 0 spiro atoms. The first-order valence-corrected chi connectivity index (χ1v) is 12.6. The van der Waals surface area contributed by atoms with Gasteiger partial charge in [0.15, 0.2) is 4.80 Å². The van der Waals surface area contributed by atoms with Crippen LogP contribution in [-0.2, 0) is 21.4 Å². The number of hydrogen-bond acceptors (Lipinski definition) is 4. The molecule has 0 saturated carbocycles. The molecule has 1 aliphatic rings. The minimum absolute atomic E-state index is 0.188. The van der Waals surface area contributed by atoms with Gasteiger partial charge < -0.3 is 4.57 Å². The van der Waals surface area contributed by atoms with Gasteiger partial charge in [-0.2, -0.15) is 9.30 Å². The van der Waals surface area contributed by atoms with Crippen LogP contribution < -0.4 is 4.80 Å². The number of amides is 1. The van der Waals surface area contributed by atoms with E-state index in [1.807, 2.05) is 11.5 Å². The van der Waals surface area contributed by atoms with Crippen molar-refractivity contribution in [2.45, 2.75) is 31.2 Å². The topological polar surface area (TPSA) is 71.7 Å². The van der Waals surface area contributed by atoms with E-state index in [4.69, 9.17) is 11.6 Å². The van der Waals surface area contributed by atoms with E-state index >= 15 is 0 Å². The maximum Gasteiger partial charge on any atom is 0.251 e. The normalized spacial score (nSPS) is 16.8. The summed E-state index contributed by atoms with van der Waals surface area (Å²) >= 11 is 7.12. The van der Waals surface area contributed by atoms with Gasteiger partial charge in [-0.3, -0.25) is 4.79 Å². The quantitative estimate of drug-likeness (QED) is 0.564. The molecule has 2 heterocycles. The Morgan fingerprint density at radius 3 is 2.52 bits per heavy atom. The van der Waals surface area contributed by atoms with Gasteiger partial charge in [-0.1, -0.05) is 22.9 Å². The standard InChI is InChI=1S/C21H21ClFN3O3S2/c1-2-26-18-8-5-16(23)13-19(18)30-21(26)24-20(27)14-9-11-25(12-10-14)31(28,29)17-6-3-15(22)4-7-17/h3-8,13-14H,2,9-12H2,1H3. The van der Waals surface area contributed by atoms with Crippen molar-refractivity contribution >= 4 is 49.1 Å². The minimum Gasteiger partial charge on any atom is -0.317 e. The van der Waals surface area contributed by atoms with Gasteiger partial charge in [-0.25, -0.2) is 12.8 Å². The zero-order valence-electron chi connectivity index (χ0n) is 16.8. The number of aryl methyl sites for hydroxylation is 1. The summed E-state index contributed by atoms with van der Waals surface area (Å²) in [5.74, 6) is -0.939. The lowest BCUT2D eigenvalue weighted by Gasteiger charge is -2.29. The Kier molecular flexibility index (Phi) is 6.30. The van der Waals surface area contributed by atoms with E-state index in [1.54, 1.807) is 18.2 Å². The first-order chi connectivity index (χ1) is 14.8. The smallest absolute Gasteiger partial charge is 0.251 e. The molecule has 0 radical (unpaired) electrons. The molecule has 1 saturated heterocycles. The number of rotatable bonds is 4. The van der Waals surface area contributed by atoms with E-state index in [9.17, 15) is 17.6 Å². The number of halogens is 2. The van der Waals surface area contributed by atoms with Gasteiger partial charge >= 0.3 is 0 Å². The fraction of sp³-hybridized carbons (Fsp3) is 0.333. The Morgan fingerprint density at radius 2 is 1.87 bits per heavy atom. The van der Waals surface area contributed by atoms with Crippen LogP contribution in [0.4, 0.5) is 4.39 Å². The number of nitrogens with zero attached hydrogens (tertiary/aromatic N) is 3. The SMILES string of the molecule is CCn1c(=NC(=O)C2CCN(S(=O)(=O)c3ccc(Cl)cc3)CC2)sc2cc(F)ccc21. The predicted molar refractivity (Wildman–Crippen MR) is 119 cm³/mol. The molecular weight excluding hydrogens is 461 g/mol. The molecular formula is C21H21ClFN3O3S2. The molecule has 0 N–H and O–H groups in total. The van der Waals surface area contributed by atoms with E-state index in [2.05, 4.69) is 4.99 Å². The Hall–Kier alpha value is -2.07. The Morgan fingerprint density at radius 1 is 1.19 bits per heavy atom. The fourth-order valence-corrected chi connectivity index (χ4v) is 6.44. The highest BCUT2D eigenvalue weighted by molar-refractivity contribution is 7.89. The van der Waals surface area contributed by atoms with Crippen molar-refractivity contribution in [2.24, 2.45) is 10.9 Å². The molecule has 3 aromatic rings. The minimum atomic E-state index is -3.62. The van der Waals surface area contributed by atoms with Crippen molar-refractivity contribution < 1.29 is 17.6 Å². The summed E-state index contributed by atoms with van der Waals surface area (Å²) in [5.41, 5.74) is 0.837. The number of benzene rings is 2. The van der Waals surface area contributed by atoms with Crippen LogP contribution in [-0.4, -0.2) is 36.3 Å². The van der Waals surface area contributed by atoms with Crippen molar-refractivity contribution in [3.05, 3.63) is 58.1 Å². The molecule has 0 bridgehead atoms. The molecule has 10 heteroatoms. The third-order valence-electron chi connectivity index (χ3n) is 5.42. The van der Waals surface area contributed by atoms with E-state index in [1.165, 1.54) is 39.9 Å². The first kappa shape index (κ1) is 22.1. The van der Waals surface area contributed by atoms with E-state index < -0.39 is 10.0 Å². The van der Waals surface area contributed by atoms with E-state index in [-0.39, 0.29) is 35.6 Å². The third-order valence-corrected chi connectivity index (χ3v) is 8.63. The number of piperidine rings is 1. The van der Waals surface area contributed by atoms with Crippen LogP contribution >= 0.6 is 22.9 Å². The summed E-state index contributed by atoms with van der Waals surface area (Å²) in [5, 5.41) is 0.471. The summed E-state index contributed by atoms with van der Waals surface area (Å²) in [6.45, 7) is 3.05. The van der Waals surface area contributed by atoms with Crippen LogP contribution in [0.5, 0.6) is 0 Å². The number of sulfonamides is 1. The van der Waals surface area contributed by atoms with Crippen molar-refractivity contribution in [1.29, 1.82) is 0 Å². The monoisotopic (exact) mass is 481 g/mol. The molecule has 1 fully saturated rings. The zero-order valence-corrected chi connectivity index (χ0v) is 19.2. The maximum absolute atomic E-state index is 13.5. The van der Waals surface area contributed by atoms with Crippen LogP contribution in [0.3, 0.4) is 0 Å². The van der Waals surface area contributed by atoms with Gasteiger partial charge in [0, 0.05) is 30.6 Å². The molecule has 1 aliphatic heterocycles. The van der Waals surface area contributed by atoms with Crippen LogP contribution in [0.2, 0.25) is 5.02 Å². The van der Waals surface area contributed by atoms with Crippen molar-refractivity contribution in [2.75, 3.05) is 13.1 Å². The van der Waals surface area contributed by atoms with Gasteiger partial charge in [-0.15, -0.1) is 0 Å². The Bertz CT molecular complexity index is 1290. The maximum atomic E-state index is 13.5. The van der Waals surface area contributed by atoms with Crippen molar-refractivity contribution in [3.8, 4) is 0 Å². The molecule has 1 aromatic heterocycles. The number of thiazole rings is 1. The number of aromatic nitrogens is 1. The number of fused-ring (bicyclic) bond motifs is 1. The average molecular weight is 482 g/mol. The van der Waals surface area contributed by atoms with Crippen LogP contribution in [0, 0.1) is 11.7 Å². The van der Waals surface area contributed by atoms with Gasteiger partial charge in [0.1, 0.15) is 5.82 Å². The van der Waals surface area contributed by atoms with E-state index in [0.29, 0.717) is 29.2 Å². The summed E-state index contributed by atoms with van der Waals surface area (Å²) in [7, 11) is -3.62. The number of hydrogen-bond donors (Lipinski definition) is 0. The third kappa shape index (κ3) is 4.45.